The zero-order valence-electron chi connectivity index (χ0n) is 16.1. The van der Waals surface area contributed by atoms with E-state index in [0.29, 0.717) is 5.56 Å². The summed E-state index contributed by atoms with van der Waals surface area (Å²) >= 11 is 0. The van der Waals surface area contributed by atoms with Crippen LogP contribution in [0.3, 0.4) is 0 Å². The number of nitro groups is 1. The van der Waals surface area contributed by atoms with Crippen molar-refractivity contribution in [1.29, 1.82) is 0 Å². The Labute approximate surface area is 171 Å². The van der Waals surface area contributed by atoms with Gasteiger partial charge in [-0.25, -0.2) is 0 Å². The van der Waals surface area contributed by atoms with E-state index in [-0.39, 0.29) is 30.0 Å². The minimum atomic E-state index is -0.970. The van der Waals surface area contributed by atoms with Crippen molar-refractivity contribution in [3.63, 3.8) is 0 Å². The molecule has 0 aliphatic rings. The Hall–Kier alpha value is -4.01. The molecule has 0 bridgehead atoms. The van der Waals surface area contributed by atoms with Crippen LogP contribution in [0.1, 0.15) is 34.1 Å². The number of aromatic nitrogens is 1. The zero-order chi connectivity index (χ0) is 21.7. The van der Waals surface area contributed by atoms with Crippen LogP contribution in [0, 0.1) is 10.1 Å². The highest BCUT2D eigenvalue weighted by Gasteiger charge is 2.22. The number of amides is 1. The van der Waals surface area contributed by atoms with Gasteiger partial charge in [0.1, 0.15) is 0 Å². The van der Waals surface area contributed by atoms with Crippen molar-refractivity contribution in [2.45, 2.75) is 19.4 Å². The average Bonchev–Trinajstić information content (AvgIpc) is 3.17. The number of aromatic amines is 1. The molecule has 3 rings (SSSR count). The van der Waals surface area contributed by atoms with Crippen molar-refractivity contribution in [1.82, 2.24) is 10.3 Å². The molecular weight excluding hydrogens is 390 g/mol. The van der Waals surface area contributed by atoms with Gasteiger partial charge in [0.05, 0.1) is 11.3 Å². The fourth-order valence-electron chi connectivity index (χ4n) is 2.92. The predicted molar refractivity (Wildman–Crippen MR) is 108 cm³/mol. The van der Waals surface area contributed by atoms with Gasteiger partial charge in [0.25, 0.3) is 11.6 Å². The smallest absolute Gasteiger partial charge is 0.308 e. The number of carbonyl (C=O) groups is 3. The van der Waals surface area contributed by atoms with E-state index in [1.807, 2.05) is 18.2 Å². The summed E-state index contributed by atoms with van der Waals surface area (Å²) < 4.78 is 5.19. The van der Waals surface area contributed by atoms with Crippen LogP contribution in [0.4, 0.5) is 5.69 Å². The molecule has 154 valence electrons. The summed E-state index contributed by atoms with van der Waals surface area (Å²) in [5.74, 6) is -1.42. The first-order chi connectivity index (χ1) is 14.4. The number of rotatable bonds is 8. The molecule has 1 amide bonds. The molecule has 30 heavy (non-hydrogen) atoms. The Balaban J connectivity index is 1.48. The molecular formula is C21H19N3O6. The van der Waals surface area contributed by atoms with Gasteiger partial charge in [0.2, 0.25) is 5.78 Å². The maximum atomic E-state index is 12.6. The van der Waals surface area contributed by atoms with Crippen molar-refractivity contribution in [2.24, 2.45) is 0 Å². The van der Waals surface area contributed by atoms with Gasteiger partial charge in [0, 0.05) is 46.9 Å². The van der Waals surface area contributed by atoms with Gasteiger partial charge in [-0.3, -0.25) is 24.5 Å². The molecule has 2 aromatic carbocycles. The van der Waals surface area contributed by atoms with Crippen LogP contribution >= 0.6 is 0 Å². The van der Waals surface area contributed by atoms with E-state index in [9.17, 15) is 24.5 Å². The van der Waals surface area contributed by atoms with Gasteiger partial charge in [0.15, 0.2) is 6.10 Å². The summed E-state index contributed by atoms with van der Waals surface area (Å²) in [6.45, 7) is 1.50. The molecule has 0 aliphatic heterocycles. The molecule has 3 aromatic rings. The Morgan fingerprint density at radius 3 is 2.53 bits per heavy atom. The largest absolute Gasteiger partial charge is 0.454 e. The highest BCUT2D eigenvalue weighted by atomic mass is 16.6. The molecule has 0 unspecified atom stereocenters. The van der Waals surface area contributed by atoms with Crippen LogP contribution in [0.2, 0.25) is 0 Å². The number of esters is 1. The first kappa shape index (κ1) is 20.7. The number of Topliss-reactive ketones (excluding diaryl/α,β-unsaturated/α-hetero) is 1. The molecule has 1 aromatic heterocycles. The number of benzene rings is 2. The molecule has 0 saturated heterocycles. The van der Waals surface area contributed by atoms with E-state index in [1.54, 1.807) is 12.3 Å². The third kappa shape index (κ3) is 4.69. The Kier molecular flexibility index (Phi) is 6.21. The van der Waals surface area contributed by atoms with E-state index < -0.39 is 22.9 Å². The monoisotopic (exact) mass is 409 g/mol. The molecule has 0 spiro atoms. The van der Waals surface area contributed by atoms with E-state index >= 15 is 0 Å². The van der Waals surface area contributed by atoms with Crippen molar-refractivity contribution < 1.29 is 24.0 Å². The standard InChI is InChI=1S/C21H19N3O6/c1-13(20(26)17-12-23-18-5-3-2-4-16(17)18)30-19(25)10-11-22-21(27)14-6-8-15(9-7-14)24(28)29/h2-9,12-13,23H,10-11H2,1H3,(H,22,27)/t13-/m1/s1. The molecule has 0 saturated carbocycles. The summed E-state index contributed by atoms with van der Waals surface area (Å²) in [5.41, 5.74) is 1.37. The zero-order valence-corrected chi connectivity index (χ0v) is 16.1. The quantitative estimate of drug-likeness (QED) is 0.254. The molecule has 9 heteroatoms. The van der Waals surface area contributed by atoms with Gasteiger partial charge in [-0.1, -0.05) is 18.2 Å². The number of non-ortho nitro benzene ring substituents is 1. The van der Waals surface area contributed by atoms with Crippen LogP contribution in [-0.4, -0.2) is 40.2 Å². The fourth-order valence-corrected chi connectivity index (χ4v) is 2.92. The topological polar surface area (TPSA) is 131 Å². The van der Waals surface area contributed by atoms with Gasteiger partial charge >= 0.3 is 5.97 Å². The normalized spacial score (nSPS) is 11.6. The van der Waals surface area contributed by atoms with Crippen LogP contribution in [-0.2, 0) is 9.53 Å². The SMILES string of the molecule is C[C@@H](OC(=O)CCNC(=O)c1ccc([N+](=O)[O-])cc1)C(=O)c1c[nH]c2ccccc12. The summed E-state index contributed by atoms with van der Waals surface area (Å²) in [6.07, 6.45) is 0.494. The Morgan fingerprint density at radius 1 is 1.13 bits per heavy atom. The maximum absolute atomic E-state index is 12.6. The highest BCUT2D eigenvalue weighted by molar-refractivity contribution is 6.10. The lowest BCUT2D eigenvalue weighted by Crippen LogP contribution is -2.29. The van der Waals surface area contributed by atoms with Gasteiger partial charge in [-0.15, -0.1) is 0 Å². The average molecular weight is 409 g/mol. The van der Waals surface area contributed by atoms with Crippen molar-refractivity contribution >= 4 is 34.3 Å². The molecule has 1 heterocycles. The Morgan fingerprint density at radius 2 is 1.83 bits per heavy atom. The summed E-state index contributed by atoms with van der Waals surface area (Å²) in [5, 5.41) is 13.9. The molecule has 1 atom stereocenters. The highest BCUT2D eigenvalue weighted by Crippen LogP contribution is 2.20. The first-order valence-corrected chi connectivity index (χ1v) is 9.19. The number of hydrogen-bond donors (Lipinski definition) is 2. The number of ether oxygens (including phenoxy) is 1. The predicted octanol–water partition coefficient (Wildman–Crippen LogP) is 3.01. The maximum Gasteiger partial charge on any atom is 0.308 e. The molecule has 0 radical (unpaired) electrons. The second-order valence-electron chi connectivity index (χ2n) is 6.55. The third-order valence-electron chi connectivity index (χ3n) is 4.49. The number of fused-ring (bicyclic) bond motifs is 1. The van der Waals surface area contributed by atoms with Gasteiger partial charge < -0.3 is 15.0 Å². The summed E-state index contributed by atoms with van der Waals surface area (Å²) in [6, 6.07) is 12.4. The minimum Gasteiger partial charge on any atom is -0.454 e. The second-order valence-corrected chi connectivity index (χ2v) is 6.55. The number of nitrogens with zero attached hydrogens (tertiary/aromatic N) is 1. The minimum absolute atomic E-state index is 0.00263. The number of hydrogen-bond acceptors (Lipinski definition) is 6. The number of H-pyrrole nitrogens is 1. The van der Waals surface area contributed by atoms with Crippen molar-refractivity contribution in [2.75, 3.05) is 6.54 Å². The molecule has 2 N–H and O–H groups in total. The van der Waals surface area contributed by atoms with Crippen molar-refractivity contribution in [3.8, 4) is 0 Å². The summed E-state index contributed by atoms with van der Waals surface area (Å²) in [7, 11) is 0. The van der Waals surface area contributed by atoms with Crippen LogP contribution < -0.4 is 5.32 Å². The molecule has 0 fully saturated rings. The first-order valence-electron chi connectivity index (χ1n) is 9.19. The van der Waals surface area contributed by atoms with E-state index in [0.717, 1.165) is 10.9 Å². The number of para-hydroxylation sites is 1. The van der Waals surface area contributed by atoms with Gasteiger partial charge in [-0.2, -0.15) is 0 Å². The lowest BCUT2D eigenvalue weighted by Gasteiger charge is -2.12. The number of carbonyl (C=O) groups excluding carboxylic acids is 3. The van der Waals surface area contributed by atoms with Crippen LogP contribution in [0.5, 0.6) is 0 Å². The summed E-state index contributed by atoms with van der Waals surface area (Å²) in [4.78, 5) is 49.7. The number of ketones is 1. The van der Waals surface area contributed by atoms with Crippen LogP contribution in [0.15, 0.2) is 54.7 Å². The van der Waals surface area contributed by atoms with E-state index in [2.05, 4.69) is 10.3 Å². The Bertz CT molecular complexity index is 1100. The van der Waals surface area contributed by atoms with Crippen molar-refractivity contribution in [3.05, 3.63) is 76.0 Å². The number of nitro benzene ring substituents is 1. The van der Waals surface area contributed by atoms with Gasteiger partial charge in [-0.05, 0) is 25.1 Å². The van der Waals surface area contributed by atoms with E-state index in [1.165, 1.54) is 31.2 Å². The lowest BCUT2D eigenvalue weighted by atomic mass is 10.1. The lowest BCUT2D eigenvalue weighted by molar-refractivity contribution is -0.384. The van der Waals surface area contributed by atoms with E-state index in [4.69, 9.17) is 4.74 Å². The fraction of sp³-hybridized carbons (Fsp3) is 0.190. The second kappa shape index (κ2) is 8.99. The molecule has 0 aliphatic carbocycles. The molecule has 9 nitrogen and oxygen atoms in total. The van der Waals surface area contributed by atoms with Crippen LogP contribution in [0.25, 0.3) is 10.9 Å². The number of nitrogens with one attached hydrogen (secondary N) is 2. The third-order valence-corrected chi connectivity index (χ3v) is 4.49.